The number of aromatic nitrogens is 3. The van der Waals surface area contributed by atoms with Gasteiger partial charge in [0.05, 0.1) is 10.9 Å². The summed E-state index contributed by atoms with van der Waals surface area (Å²) in [4.78, 5) is 14.3. The summed E-state index contributed by atoms with van der Waals surface area (Å²) in [6.07, 6.45) is 4.54. The Bertz CT molecular complexity index is 669. The van der Waals surface area contributed by atoms with Crippen LogP contribution in [-0.4, -0.2) is 20.7 Å². The van der Waals surface area contributed by atoms with E-state index in [9.17, 15) is 4.79 Å². The van der Waals surface area contributed by atoms with E-state index < -0.39 is 0 Å². The third-order valence-electron chi connectivity index (χ3n) is 4.26. The Labute approximate surface area is 134 Å². The highest BCUT2D eigenvalue weighted by molar-refractivity contribution is 7.14. The molecule has 1 unspecified atom stereocenters. The van der Waals surface area contributed by atoms with E-state index in [1.54, 1.807) is 0 Å². The van der Waals surface area contributed by atoms with Gasteiger partial charge in [-0.15, -0.1) is 21.5 Å². The van der Waals surface area contributed by atoms with Crippen molar-refractivity contribution >= 4 is 17.2 Å². The zero-order chi connectivity index (χ0) is 15.7. The maximum Gasteiger partial charge on any atom is 0.261 e. The largest absolute Gasteiger partial charge is 0.342 e. The minimum atomic E-state index is -0.130. The number of hydrogen-bond acceptors (Lipinski definition) is 4. The van der Waals surface area contributed by atoms with Gasteiger partial charge >= 0.3 is 0 Å². The molecule has 3 heterocycles. The SMILES string of the molecule is Cc1cc(C(=O)NC(C)c2nnc3n2CCCCC3)sc1C. The van der Waals surface area contributed by atoms with Gasteiger partial charge in [-0.1, -0.05) is 6.42 Å². The molecule has 0 aliphatic carbocycles. The van der Waals surface area contributed by atoms with E-state index in [0.29, 0.717) is 0 Å². The van der Waals surface area contributed by atoms with Crippen LogP contribution in [0.15, 0.2) is 6.07 Å². The minimum absolute atomic E-state index is 0.0281. The van der Waals surface area contributed by atoms with E-state index in [1.807, 2.05) is 26.8 Å². The Hall–Kier alpha value is -1.69. The molecule has 0 radical (unpaired) electrons. The summed E-state index contributed by atoms with van der Waals surface area (Å²) in [6.45, 7) is 7.01. The van der Waals surface area contributed by atoms with Gasteiger partial charge in [-0.05, 0) is 45.2 Å². The van der Waals surface area contributed by atoms with E-state index >= 15 is 0 Å². The van der Waals surface area contributed by atoms with Crippen molar-refractivity contribution in [1.82, 2.24) is 20.1 Å². The molecule has 1 aliphatic heterocycles. The summed E-state index contributed by atoms with van der Waals surface area (Å²) in [5.41, 5.74) is 1.17. The quantitative estimate of drug-likeness (QED) is 0.945. The van der Waals surface area contributed by atoms with Crippen LogP contribution in [0.25, 0.3) is 0 Å². The van der Waals surface area contributed by atoms with E-state index in [1.165, 1.54) is 34.6 Å². The fraction of sp³-hybridized carbons (Fsp3) is 0.562. The maximum absolute atomic E-state index is 12.4. The zero-order valence-electron chi connectivity index (χ0n) is 13.3. The van der Waals surface area contributed by atoms with Gasteiger partial charge in [-0.25, -0.2) is 0 Å². The molecule has 1 amide bonds. The van der Waals surface area contributed by atoms with E-state index in [2.05, 4.69) is 20.1 Å². The Morgan fingerprint density at radius 2 is 2.14 bits per heavy atom. The topological polar surface area (TPSA) is 59.8 Å². The summed E-state index contributed by atoms with van der Waals surface area (Å²) in [6, 6.07) is 1.82. The maximum atomic E-state index is 12.4. The Kier molecular flexibility index (Phi) is 4.29. The van der Waals surface area contributed by atoms with Crippen molar-refractivity contribution in [2.24, 2.45) is 0 Å². The molecule has 2 aromatic rings. The summed E-state index contributed by atoms with van der Waals surface area (Å²) < 4.78 is 2.18. The predicted molar refractivity (Wildman–Crippen MR) is 87.3 cm³/mol. The van der Waals surface area contributed by atoms with Gasteiger partial charge in [0.1, 0.15) is 5.82 Å². The highest BCUT2D eigenvalue weighted by Crippen LogP contribution is 2.22. The molecular formula is C16H22N4OS. The lowest BCUT2D eigenvalue weighted by Crippen LogP contribution is -2.28. The van der Waals surface area contributed by atoms with Crippen LogP contribution in [0.5, 0.6) is 0 Å². The van der Waals surface area contributed by atoms with Gasteiger partial charge in [0, 0.05) is 17.8 Å². The van der Waals surface area contributed by atoms with Crippen molar-refractivity contribution in [2.45, 2.75) is 59.0 Å². The van der Waals surface area contributed by atoms with Gasteiger partial charge in [-0.2, -0.15) is 0 Å². The molecule has 0 aromatic carbocycles. The molecule has 22 heavy (non-hydrogen) atoms. The lowest BCUT2D eigenvalue weighted by atomic mass is 10.2. The number of rotatable bonds is 3. The average Bonchev–Trinajstić information content (AvgIpc) is 2.95. The van der Waals surface area contributed by atoms with Crippen LogP contribution in [0.4, 0.5) is 0 Å². The summed E-state index contributed by atoms with van der Waals surface area (Å²) in [5.74, 6) is 1.89. The minimum Gasteiger partial charge on any atom is -0.342 e. The van der Waals surface area contributed by atoms with Gasteiger partial charge in [0.15, 0.2) is 5.82 Å². The number of nitrogens with zero attached hydrogens (tertiary/aromatic N) is 3. The molecule has 1 aliphatic rings. The number of amides is 1. The molecule has 3 rings (SSSR count). The third kappa shape index (κ3) is 2.92. The van der Waals surface area contributed by atoms with Crippen LogP contribution in [0.3, 0.4) is 0 Å². The molecule has 0 spiro atoms. The molecule has 1 atom stereocenters. The Morgan fingerprint density at radius 1 is 1.32 bits per heavy atom. The van der Waals surface area contributed by atoms with Crippen molar-refractivity contribution in [2.75, 3.05) is 0 Å². The zero-order valence-corrected chi connectivity index (χ0v) is 14.2. The molecule has 2 aromatic heterocycles. The molecule has 0 saturated carbocycles. The molecule has 0 bridgehead atoms. The first-order chi connectivity index (χ1) is 10.6. The number of hydrogen-bond donors (Lipinski definition) is 1. The summed E-state index contributed by atoms with van der Waals surface area (Å²) in [5, 5.41) is 11.7. The van der Waals surface area contributed by atoms with Crippen LogP contribution < -0.4 is 5.32 Å². The monoisotopic (exact) mass is 318 g/mol. The van der Waals surface area contributed by atoms with Gasteiger partial charge in [0.25, 0.3) is 5.91 Å². The first-order valence-electron chi connectivity index (χ1n) is 7.86. The van der Waals surface area contributed by atoms with Gasteiger partial charge in [-0.3, -0.25) is 4.79 Å². The molecule has 0 saturated heterocycles. The van der Waals surface area contributed by atoms with Crippen LogP contribution in [-0.2, 0) is 13.0 Å². The predicted octanol–water partition coefficient (Wildman–Crippen LogP) is 3.17. The second kappa shape index (κ2) is 6.20. The van der Waals surface area contributed by atoms with Crippen molar-refractivity contribution < 1.29 is 4.79 Å². The van der Waals surface area contributed by atoms with Crippen LogP contribution in [0.2, 0.25) is 0 Å². The molecule has 1 N–H and O–H groups in total. The van der Waals surface area contributed by atoms with E-state index in [4.69, 9.17) is 0 Å². The van der Waals surface area contributed by atoms with Crippen LogP contribution >= 0.6 is 11.3 Å². The van der Waals surface area contributed by atoms with Gasteiger partial charge in [0.2, 0.25) is 0 Å². The number of nitrogens with one attached hydrogen (secondary N) is 1. The lowest BCUT2D eigenvalue weighted by Gasteiger charge is -2.14. The second-order valence-electron chi connectivity index (χ2n) is 5.98. The molecule has 6 heteroatoms. The van der Waals surface area contributed by atoms with Crippen molar-refractivity contribution in [1.29, 1.82) is 0 Å². The van der Waals surface area contributed by atoms with Crippen molar-refractivity contribution in [3.63, 3.8) is 0 Å². The number of fused-ring (bicyclic) bond motifs is 1. The van der Waals surface area contributed by atoms with Crippen LogP contribution in [0, 0.1) is 13.8 Å². The van der Waals surface area contributed by atoms with Gasteiger partial charge < -0.3 is 9.88 Å². The first-order valence-corrected chi connectivity index (χ1v) is 8.68. The molecule has 0 fully saturated rings. The lowest BCUT2D eigenvalue weighted by molar-refractivity contribution is 0.0941. The smallest absolute Gasteiger partial charge is 0.261 e. The highest BCUT2D eigenvalue weighted by atomic mass is 32.1. The van der Waals surface area contributed by atoms with Crippen molar-refractivity contribution in [3.05, 3.63) is 33.0 Å². The standard InChI is InChI=1S/C16H22N4OS/c1-10-9-13(22-12(10)3)16(21)17-11(2)15-19-18-14-7-5-4-6-8-20(14)15/h9,11H,4-8H2,1-3H3,(H,17,21). The number of carbonyl (C=O) groups excluding carboxylic acids is 1. The summed E-state index contributed by atoms with van der Waals surface area (Å²) in [7, 11) is 0. The second-order valence-corrected chi connectivity index (χ2v) is 7.24. The first kappa shape index (κ1) is 15.2. The average molecular weight is 318 g/mol. The van der Waals surface area contributed by atoms with Crippen LogP contribution in [0.1, 0.15) is 64.0 Å². The Balaban J connectivity index is 1.76. The normalized spacial score (nSPS) is 16.0. The van der Waals surface area contributed by atoms with E-state index in [0.717, 1.165) is 35.9 Å². The number of carbonyl (C=O) groups is 1. The number of thiophene rings is 1. The number of aryl methyl sites for hydroxylation is 3. The fourth-order valence-corrected chi connectivity index (χ4v) is 3.78. The summed E-state index contributed by atoms with van der Waals surface area (Å²) >= 11 is 1.54. The van der Waals surface area contributed by atoms with E-state index in [-0.39, 0.29) is 11.9 Å². The van der Waals surface area contributed by atoms with Crippen molar-refractivity contribution in [3.8, 4) is 0 Å². The third-order valence-corrected chi connectivity index (χ3v) is 5.41. The fourth-order valence-electron chi connectivity index (χ4n) is 2.85. The Morgan fingerprint density at radius 3 is 2.86 bits per heavy atom. The highest BCUT2D eigenvalue weighted by Gasteiger charge is 2.21. The molecule has 5 nitrogen and oxygen atoms in total. The molecule has 118 valence electrons. The molecular weight excluding hydrogens is 296 g/mol.